The minimum Gasteiger partial charge on any atom is -0.368 e. The van der Waals surface area contributed by atoms with Crippen molar-refractivity contribution < 1.29 is 0 Å². The average Bonchev–Trinajstić information content (AvgIpc) is 3.39. The fourth-order valence-electron chi connectivity index (χ4n) is 4.47. The third-order valence-corrected chi connectivity index (χ3v) is 5.90. The van der Waals surface area contributed by atoms with Gasteiger partial charge < -0.3 is 16.0 Å². The van der Waals surface area contributed by atoms with Crippen LogP contribution in [0.4, 0.5) is 11.8 Å². The number of aromatic amines is 1. The Morgan fingerprint density at radius 2 is 2.03 bits per heavy atom. The van der Waals surface area contributed by atoms with E-state index in [1.54, 1.807) is 6.33 Å². The molecule has 5 rings (SSSR count). The molecule has 30 heavy (non-hydrogen) atoms. The molecule has 1 unspecified atom stereocenters. The highest BCUT2D eigenvalue weighted by atomic mass is 16.1. The van der Waals surface area contributed by atoms with Crippen LogP contribution in [0.25, 0.3) is 22.1 Å². The van der Waals surface area contributed by atoms with Gasteiger partial charge in [0.2, 0.25) is 5.95 Å². The lowest BCUT2D eigenvalue weighted by Gasteiger charge is -2.24. The van der Waals surface area contributed by atoms with Crippen molar-refractivity contribution in [3.05, 3.63) is 46.3 Å². The van der Waals surface area contributed by atoms with Gasteiger partial charge >= 0.3 is 0 Å². The van der Waals surface area contributed by atoms with Gasteiger partial charge in [-0.25, -0.2) is 9.97 Å². The normalized spacial score (nSPS) is 15.8. The Labute approximate surface area is 172 Å². The first-order valence-corrected chi connectivity index (χ1v) is 10.3. The second kappa shape index (κ2) is 7.08. The third kappa shape index (κ3) is 2.97. The summed E-state index contributed by atoms with van der Waals surface area (Å²) in [6, 6.07) is 5.68. The minimum absolute atomic E-state index is 0.0301. The topological polar surface area (TPSA) is 127 Å². The Bertz CT molecular complexity index is 1300. The van der Waals surface area contributed by atoms with Crippen LogP contribution in [0.2, 0.25) is 0 Å². The van der Waals surface area contributed by atoms with Crippen molar-refractivity contribution in [1.82, 2.24) is 29.5 Å². The number of hydrogen-bond donors (Lipinski definition) is 3. The van der Waals surface area contributed by atoms with E-state index in [0.717, 1.165) is 31.2 Å². The molecule has 154 valence electrons. The summed E-state index contributed by atoms with van der Waals surface area (Å²) < 4.78 is 1.90. The van der Waals surface area contributed by atoms with Gasteiger partial charge in [-0.3, -0.25) is 9.36 Å². The van der Waals surface area contributed by atoms with Crippen molar-refractivity contribution in [2.75, 3.05) is 11.1 Å². The van der Waals surface area contributed by atoms with Crippen LogP contribution in [-0.2, 0) is 0 Å². The molecule has 9 nitrogen and oxygen atoms in total. The zero-order valence-corrected chi connectivity index (χ0v) is 17.0. The molecule has 1 aliphatic rings. The molecule has 1 aliphatic carbocycles. The van der Waals surface area contributed by atoms with Crippen LogP contribution < -0.4 is 16.6 Å². The van der Waals surface area contributed by atoms with Crippen LogP contribution in [0.15, 0.2) is 29.3 Å². The van der Waals surface area contributed by atoms with Gasteiger partial charge in [-0.1, -0.05) is 25.0 Å². The number of rotatable bonds is 4. The van der Waals surface area contributed by atoms with Gasteiger partial charge in [-0.05, 0) is 38.3 Å². The number of fused-ring (bicyclic) bond motifs is 2. The highest BCUT2D eigenvalue weighted by Crippen LogP contribution is 2.32. The van der Waals surface area contributed by atoms with E-state index in [1.807, 2.05) is 36.6 Å². The quantitative estimate of drug-likeness (QED) is 0.476. The van der Waals surface area contributed by atoms with Gasteiger partial charge in [0, 0.05) is 6.04 Å². The lowest BCUT2D eigenvalue weighted by Crippen LogP contribution is -2.31. The molecule has 0 amide bonds. The van der Waals surface area contributed by atoms with E-state index >= 15 is 0 Å². The number of imidazole rings is 1. The molecule has 3 heterocycles. The molecule has 0 spiro atoms. The summed E-state index contributed by atoms with van der Waals surface area (Å²) in [5, 5.41) is 4.07. The van der Waals surface area contributed by atoms with Gasteiger partial charge in [0.1, 0.15) is 11.3 Å². The summed E-state index contributed by atoms with van der Waals surface area (Å²) in [6.45, 7) is 3.94. The number of nitrogen functional groups attached to an aromatic ring is 1. The Balaban J connectivity index is 1.66. The molecule has 0 aliphatic heterocycles. The molecular weight excluding hydrogens is 380 g/mol. The summed E-state index contributed by atoms with van der Waals surface area (Å²) in [5.41, 5.74) is 8.71. The monoisotopic (exact) mass is 404 g/mol. The fourth-order valence-corrected chi connectivity index (χ4v) is 4.47. The molecule has 4 N–H and O–H groups in total. The number of hydrogen-bond acceptors (Lipinski definition) is 7. The minimum atomic E-state index is -0.274. The van der Waals surface area contributed by atoms with Gasteiger partial charge in [0.15, 0.2) is 11.5 Å². The number of anilines is 2. The maximum absolute atomic E-state index is 13.6. The third-order valence-electron chi connectivity index (χ3n) is 5.90. The van der Waals surface area contributed by atoms with E-state index in [9.17, 15) is 4.79 Å². The molecule has 4 aromatic rings. The predicted molar refractivity (Wildman–Crippen MR) is 116 cm³/mol. The number of nitrogens with zero attached hydrogens (tertiary/aromatic N) is 5. The summed E-state index contributed by atoms with van der Waals surface area (Å²) in [4.78, 5) is 34.2. The van der Waals surface area contributed by atoms with E-state index in [0.29, 0.717) is 33.7 Å². The Morgan fingerprint density at radius 3 is 2.83 bits per heavy atom. The number of nitrogens with one attached hydrogen (secondary N) is 2. The van der Waals surface area contributed by atoms with E-state index < -0.39 is 0 Å². The van der Waals surface area contributed by atoms with Crippen molar-refractivity contribution in [2.45, 2.75) is 51.6 Å². The molecule has 1 saturated carbocycles. The Hall–Kier alpha value is -3.49. The highest BCUT2D eigenvalue weighted by molar-refractivity contribution is 5.84. The molecule has 0 bridgehead atoms. The van der Waals surface area contributed by atoms with Crippen LogP contribution in [0.5, 0.6) is 0 Å². The maximum atomic E-state index is 13.6. The molecule has 0 saturated heterocycles. The molecule has 3 aromatic heterocycles. The molecule has 1 aromatic carbocycles. The summed E-state index contributed by atoms with van der Waals surface area (Å²) >= 11 is 0. The molecule has 1 atom stereocenters. The van der Waals surface area contributed by atoms with E-state index in [2.05, 4.69) is 25.3 Å². The standard InChI is InChI=1S/C21H24N8O/c1-11-6-5-9-14-15(11)20(30)29(13-7-3-4-8-13)19(26-14)12(2)25-18-16-17(24-10-23-16)27-21(22)28-18/h5-6,9-10,12-13H,3-4,7-8H2,1-2H3,(H4,22,23,24,25,27,28). The number of benzene rings is 1. The van der Waals surface area contributed by atoms with Crippen molar-refractivity contribution >= 4 is 33.8 Å². The first kappa shape index (κ1) is 18.5. The summed E-state index contributed by atoms with van der Waals surface area (Å²) in [5.74, 6) is 1.38. The van der Waals surface area contributed by atoms with Gasteiger partial charge in [0.05, 0.1) is 23.3 Å². The molecular formula is C21H24N8O. The maximum Gasteiger partial charge on any atom is 0.261 e. The lowest BCUT2D eigenvalue weighted by atomic mass is 10.1. The van der Waals surface area contributed by atoms with Gasteiger partial charge in [-0.15, -0.1) is 0 Å². The largest absolute Gasteiger partial charge is 0.368 e. The van der Waals surface area contributed by atoms with Gasteiger partial charge in [-0.2, -0.15) is 9.97 Å². The Morgan fingerprint density at radius 1 is 1.23 bits per heavy atom. The van der Waals surface area contributed by atoms with E-state index in [-0.39, 0.29) is 23.6 Å². The lowest BCUT2D eigenvalue weighted by molar-refractivity contribution is 0.467. The second-order valence-corrected chi connectivity index (χ2v) is 7.95. The zero-order chi connectivity index (χ0) is 20.8. The molecule has 0 radical (unpaired) electrons. The van der Waals surface area contributed by atoms with Crippen LogP contribution in [0, 0.1) is 6.92 Å². The molecule has 9 heteroatoms. The van der Waals surface area contributed by atoms with Crippen LogP contribution in [-0.4, -0.2) is 29.5 Å². The summed E-state index contributed by atoms with van der Waals surface area (Å²) in [6.07, 6.45) is 5.79. The highest BCUT2D eigenvalue weighted by Gasteiger charge is 2.26. The van der Waals surface area contributed by atoms with Gasteiger partial charge in [0.25, 0.3) is 5.56 Å². The van der Waals surface area contributed by atoms with Crippen molar-refractivity contribution in [1.29, 1.82) is 0 Å². The smallest absolute Gasteiger partial charge is 0.261 e. The average molecular weight is 404 g/mol. The first-order valence-electron chi connectivity index (χ1n) is 10.3. The predicted octanol–water partition coefficient (Wildman–Crippen LogP) is 3.24. The Kier molecular flexibility index (Phi) is 4.38. The number of aromatic nitrogens is 6. The first-order chi connectivity index (χ1) is 14.5. The number of aryl methyl sites for hydroxylation is 1. The van der Waals surface area contributed by atoms with E-state index in [4.69, 9.17) is 10.7 Å². The van der Waals surface area contributed by atoms with Crippen molar-refractivity contribution in [3.63, 3.8) is 0 Å². The SMILES string of the molecule is Cc1cccc2nc(C(C)Nc3nc(N)nc4nc[nH]c34)n(C3CCCC3)c(=O)c12. The van der Waals surface area contributed by atoms with Crippen molar-refractivity contribution in [3.8, 4) is 0 Å². The van der Waals surface area contributed by atoms with Crippen LogP contribution in [0.1, 0.15) is 56.1 Å². The van der Waals surface area contributed by atoms with Crippen molar-refractivity contribution in [2.24, 2.45) is 0 Å². The zero-order valence-electron chi connectivity index (χ0n) is 17.0. The van der Waals surface area contributed by atoms with Crippen LogP contribution >= 0.6 is 0 Å². The van der Waals surface area contributed by atoms with Crippen LogP contribution in [0.3, 0.4) is 0 Å². The second-order valence-electron chi connectivity index (χ2n) is 7.95. The summed E-state index contributed by atoms with van der Waals surface area (Å²) in [7, 11) is 0. The fraction of sp³-hybridized carbons (Fsp3) is 0.381. The number of H-pyrrole nitrogens is 1. The number of nitrogens with two attached hydrogens (primary N) is 1. The molecule has 1 fully saturated rings. The van der Waals surface area contributed by atoms with E-state index in [1.165, 1.54) is 0 Å².